The summed E-state index contributed by atoms with van der Waals surface area (Å²) in [4.78, 5) is 17.9. The van der Waals surface area contributed by atoms with Gasteiger partial charge in [-0.15, -0.1) is 11.8 Å². The topological polar surface area (TPSA) is 42.0 Å². The predicted molar refractivity (Wildman–Crippen MR) is 115 cm³/mol. The van der Waals surface area contributed by atoms with Gasteiger partial charge in [-0.05, 0) is 56.9 Å². The summed E-state index contributed by atoms with van der Waals surface area (Å²) in [5.41, 5.74) is 1.68. The summed E-state index contributed by atoms with van der Waals surface area (Å²) in [5, 5.41) is 0.230. The Morgan fingerprint density at radius 1 is 1.21 bits per heavy atom. The number of methoxy groups -OCH3 is 1. The van der Waals surface area contributed by atoms with Crippen molar-refractivity contribution in [1.29, 1.82) is 0 Å². The highest BCUT2D eigenvalue weighted by atomic mass is 35.5. The molecule has 0 N–H and O–H groups in total. The highest BCUT2D eigenvalue weighted by Gasteiger charge is 2.34. The Labute approximate surface area is 175 Å². The molecule has 150 valence electrons. The van der Waals surface area contributed by atoms with Crippen molar-refractivity contribution < 1.29 is 14.3 Å². The molecule has 0 fully saturated rings. The van der Waals surface area contributed by atoms with Crippen molar-refractivity contribution in [3.8, 4) is 11.5 Å². The Morgan fingerprint density at radius 3 is 2.71 bits per heavy atom. The molecule has 0 saturated heterocycles. The summed E-state index contributed by atoms with van der Waals surface area (Å²) in [5.74, 6) is 1.42. The van der Waals surface area contributed by atoms with Gasteiger partial charge in [-0.25, -0.2) is 0 Å². The molecular formula is C21H25ClN2O3S. The van der Waals surface area contributed by atoms with Gasteiger partial charge in [-0.1, -0.05) is 11.6 Å². The molecule has 0 radical (unpaired) electrons. The van der Waals surface area contributed by atoms with Gasteiger partial charge in [-0.3, -0.25) is 4.79 Å². The summed E-state index contributed by atoms with van der Waals surface area (Å²) >= 11 is 7.67. The van der Waals surface area contributed by atoms with Gasteiger partial charge in [0.1, 0.15) is 16.7 Å². The van der Waals surface area contributed by atoms with Crippen LogP contribution in [0.2, 0.25) is 5.02 Å². The number of hydrogen-bond acceptors (Lipinski definition) is 5. The molecule has 7 heteroatoms. The van der Waals surface area contributed by atoms with E-state index in [1.807, 2.05) is 44.4 Å². The average molecular weight is 421 g/mol. The quantitative estimate of drug-likeness (QED) is 0.617. The molecule has 5 nitrogen and oxygen atoms in total. The Morgan fingerprint density at radius 2 is 2.00 bits per heavy atom. The van der Waals surface area contributed by atoms with E-state index in [-0.39, 0.29) is 5.91 Å². The molecule has 1 unspecified atom stereocenters. The van der Waals surface area contributed by atoms with E-state index >= 15 is 0 Å². The predicted octanol–water partition coefficient (Wildman–Crippen LogP) is 4.49. The minimum Gasteiger partial charge on any atom is -0.497 e. The van der Waals surface area contributed by atoms with E-state index in [0.29, 0.717) is 23.1 Å². The zero-order chi connectivity index (χ0) is 20.3. The van der Waals surface area contributed by atoms with Gasteiger partial charge in [0.25, 0.3) is 0 Å². The molecule has 1 aliphatic rings. The van der Waals surface area contributed by atoms with Gasteiger partial charge >= 0.3 is 0 Å². The van der Waals surface area contributed by atoms with Crippen LogP contribution >= 0.6 is 23.4 Å². The number of benzene rings is 2. The van der Waals surface area contributed by atoms with Crippen molar-refractivity contribution in [2.45, 2.75) is 16.6 Å². The van der Waals surface area contributed by atoms with Crippen LogP contribution in [-0.4, -0.2) is 52.2 Å². The van der Waals surface area contributed by atoms with Crippen LogP contribution in [0.15, 0.2) is 41.3 Å². The zero-order valence-corrected chi connectivity index (χ0v) is 18.1. The first-order valence-corrected chi connectivity index (χ1v) is 10.4. The number of fused-ring (bicyclic) bond motifs is 1. The number of likely N-dealkylation sites (N-methyl/N-ethyl adjacent to an activating group) is 1. The van der Waals surface area contributed by atoms with E-state index in [0.717, 1.165) is 29.1 Å². The molecule has 2 aromatic rings. The SMILES string of the molecule is COc1ccc(OCCCN(C)C)c(C2Sc3cc(Cl)ccc3N(C)C2=O)c1. The lowest BCUT2D eigenvalue weighted by molar-refractivity contribution is -0.118. The van der Waals surface area contributed by atoms with Gasteiger partial charge < -0.3 is 19.3 Å². The molecular weight excluding hydrogens is 396 g/mol. The maximum Gasteiger partial charge on any atom is 0.244 e. The normalized spacial score (nSPS) is 16.3. The van der Waals surface area contributed by atoms with Crippen molar-refractivity contribution >= 4 is 35.0 Å². The first kappa shape index (κ1) is 20.8. The molecule has 28 heavy (non-hydrogen) atoms. The van der Waals surface area contributed by atoms with E-state index in [1.165, 1.54) is 11.8 Å². The van der Waals surface area contributed by atoms with Crippen LogP contribution in [0.25, 0.3) is 0 Å². The number of nitrogens with zero attached hydrogens (tertiary/aromatic N) is 2. The Balaban J connectivity index is 1.91. The summed E-state index contributed by atoms with van der Waals surface area (Å²) in [7, 11) is 7.48. The molecule has 3 rings (SSSR count). The molecule has 1 amide bonds. The molecule has 0 bridgehead atoms. The third-order valence-corrected chi connectivity index (χ3v) is 6.10. The second kappa shape index (κ2) is 9.07. The molecule has 0 aliphatic carbocycles. The second-order valence-electron chi connectivity index (χ2n) is 6.92. The Kier molecular flexibility index (Phi) is 6.75. The fourth-order valence-electron chi connectivity index (χ4n) is 3.08. The van der Waals surface area contributed by atoms with Crippen LogP contribution in [0.1, 0.15) is 17.2 Å². The molecule has 0 spiro atoms. The van der Waals surface area contributed by atoms with Crippen LogP contribution in [-0.2, 0) is 4.79 Å². The van der Waals surface area contributed by atoms with Crippen molar-refractivity contribution in [1.82, 2.24) is 4.90 Å². The molecule has 1 heterocycles. The summed E-state index contributed by atoms with van der Waals surface area (Å²) < 4.78 is 11.4. The lowest BCUT2D eigenvalue weighted by Gasteiger charge is -2.32. The Hall–Kier alpha value is -1.89. The zero-order valence-electron chi connectivity index (χ0n) is 16.6. The van der Waals surface area contributed by atoms with Gasteiger partial charge in [0, 0.05) is 29.1 Å². The van der Waals surface area contributed by atoms with Gasteiger partial charge in [0.05, 0.1) is 19.4 Å². The number of thioether (sulfide) groups is 1. The van der Waals surface area contributed by atoms with E-state index in [1.54, 1.807) is 25.1 Å². The number of anilines is 1. The summed E-state index contributed by atoms with van der Waals surface area (Å²) in [6, 6.07) is 11.2. The maximum atomic E-state index is 13.1. The lowest BCUT2D eigenvalue weighted by atomic mass is 10.1. The molecule has 0 aromatic heterocycles. The summed E-state index contributed by atoms with van der Waals surface area (Å²) in [6.45, 7) is 1.53. The van der Waals surface area contributed by atoms with Crippen molar-refractivity contribution in [2.75, 3.05) is 46.3 Å². The number of carbonyl (C=O) groups excluding carboxylic acids is 1. The first-order valence-electron chi connectivity index (χ1n) is 9.10. The fourth-order valence-corrected chi connectivity index (χ4v) is 4.66. The van der Waals surface area contributed by atoms with E-state index in [4.69, 9.17) is 21.1 Å². The number of ether oxygens (including phenoxy) is 2. The first-order chi connectivity index (χ1) is 13.4. The standard InChI is InChI=1S/C21H25ClN2O3S/c1-23(2)10-5-11-27-18-9-7-15(26-4)13-16(18)20-21(25)24(3)17-8-6-14(22)12-19(17)28-20/h6-9,12-13,20H,5,10-11H2,1-4H3. The van der Waals surface area contributed by atoms with E-state index in [2.05, 4.69) is 4.90 Å². The highest BCUT2D eigenvalue weighted by molar-refractivity contribution is 8.00. The van der Waals surface area contributed by atoms with Crippen LogP contribution in [0.5, 0.6) is 11.5 Å². The van der Waals surface area contributed by atoms with E-state index in [9.17, 15) is 4.79 Å². The second-order valence-corrected chi connectivity index (χ2v) is 8.50. The number of rotatable bonds is 7. The number of hydrogen-bond donors (Lipinski definition) is 0. The largest absolute Gasteiger partial charge is 0.497 e. The molecule has 2 aromatic carbocycles. The Bertz CT molecular complexity index is 860. The average Bonchev–Trinajstić information content (AvgIpc) is 2.67. The number of halogens is 1. The van der Waals surface area contributed by atoms with E-state index < -0.39 is 5.25 Å². The fraction of sp³-hybridized carbons (Fsp3) is 0.381. The van der Waals surface area contributed by atoms with Gasteiger partial charge in [-0.2, -0.15) is 0 Å². The third-order valence-electron chi connectivity index (χ3n) is 4.59. The molecule has 1 atom stereocenters. The van der Waals surface area contributed by atoms with Crippen LogP contribution in [0.4, 0.5) is 5.69 Å². The van der Waals surface area contributed by atoms with Crippen molar-refractivity contribution in [2.24, 2.45) is 0 Å². The van der Waals surface area contributed by atoms with Crippen LogP contribution < -0.4 is 14.4 Å². The summed E-state index contributed by atoms with van der Waals surface area (Å²) in [6.07, 6.45) is 0.905. The third kappa shape index (κ3) is 4.57. The smallest absolute Gasteiger partial charge is 0.244 e. The maximum absolute atomic E-state index is 13.1. The lowest BCUT2D eigenvalue weighted by Crippen LogP contribution is -2.34. The van der Waals surface area contributed by atoms with Crippen LogP contribution in [0.3, 0.4) is 0 Å². The minimum atomic E-state index is -0.421. The number of amides is 1. The highest BCUT2D eigenvalue weighted by Crippen LogP contribution is 2.49. The minimum absolute atomic E-state index is 0.00576. The van der Waals surface area contributed by atoms with Crippen molar-refractivity contribution in [3.05, 3.63) is 47.0 Å². The number of carbonyl (C=O) groups is 1. The van der Waals surface area contributed by atoms with Crippen molar-refractivity contribution in [3.63, 3.8) is 0 Å². The monoisotopic (exact) mass is 420 g/mol. The molecule has 1 aliphatic heterocycles. The van der Waals surface area contributed by atoms with Crippen LogP contribution in [0, 0.1) is 0 Å². The van der Waals surface area contributed by atoms with Gasteiger partial charge in [0.15, 0.2) is 0 Å². The van der Waals surface area contributed by atoms with Gasteiger partial charge in [0.2, 0.25) is 5.91 Å². The molecule has 0 saturated carbocycles.